The summed E-state index contributed by atoms with van der Waals surface area (Å²) in [5.41, 5.74) is 2.64. The van der Waals surface area contributed by atoms with Crippen molar-refractivity contribution < 1.29 is 4.74 Å². The molecule has 0 aliphatic carbocycles. The van der Waals surface area contributed by atoms with E-state index in [2.05, 4.69) is 26.0 Å². The van der Waals surface area contributed by atoms with Crippen LogP contribution in [-0.2, 0) is 0 Å². The van der Waals surface area contributed by atoms with E-state index in [1.807, 2.05) is 12.1 Å². The van der Waals surface area contributed by atoms with Gasteiger partial charge in [0.05, 0.1) is 5.03 Å². The summed E-state index contributed by atoms with van der Waals surface area (Å²) in [5.74, 6) is 1.39. The fourth-order valence-corrected chi connectivity index (χ4v) is 1.43. The topological polar surface area (TPSA) is 9.23 Å². The van der Waals surface area contributed by atoms with Gasteiger partial charge in [0.15, 0.2) is 0 Å². The van der Waals surface area contributed by atoms with Crippen molar-refractivity contribution in [2.75, 3.05) is 6.61 Å². The second kappa shape index (κ2) is 6.82. The van der Waals surface area contributed by atoms with Crippen LogP contribution in [0.15, 0.2) is 34.8 Å². The molecule has 1 unspecified atom stereocenters. The molecule has 0 bridgehead atoms. The third-order valence-electron chi connectivity index (χ3n) is 2.56. The molecule has 0 aliphatic rings. The average molecular weight is 259 g/mol. The largest absolute Gasteiger partial charge is 0.488 e. The first-order valence-electron chi connectivity index (χ1n) is 5.34. The van der Waals surface area contributed by atoms with Gasteiger partial charge in [0, 0.05) is 5.54 Å². The minimum atomic E-state index is 0.313. The van der Waals surface area contributed by atoms with Crippen LogP contribution in [0, 0.1) is 0 Å². The molecule has 0 aliphatic heterocycles. The summed E-state index contributed by atoms with van der Waals surface area (Å²) in [6.07, 6.45) is 1.14. The molecule has 0 saturated carbocycles. The van der Waals surface area contributed by atoms with Crippen LogP contribution in [0.1, 0.15) is 31.7 Å². The molecule has 88 valence electrons. The lowest BCUT2D eigenvalue weighted by molar-refractivity contribution is 0.359. The second-order valence-corrected chi connectivity index (χ2v) is 4.43. The van der Waals surface area contributed by atoms with Crippen molar-refractivity contribution in [3.63, 3.8) is 0 Å². The van der Waals surface area contributed by atoms with Gasteiger partial charge >= 0.3 is 0 Å². The quantitative estimate of drug-likeness (QED) is 0.730. The molecule has 0 heterocycles. The monoisotopic (exact) mass is 258 g/mol. The molecular formula is C13H16Cl2O. The Morgan fingerprint density at radius 1 is 1.38 bits per heavy atom. The number of ether oxygens (including phenoxy) is 1. The Morgan fingerprint density at radius 2 is 2.00 bits per heavy atom. The molecule has 1 nitrogen and oxygen atoms in total. The van der Waals surface area contributed by atoms with E-state index in [9.17, 15) is 0 Å². The third-order valence-corrected chi connectivity index (χ3v) is 3.15. The predicted octanol–water partition coefficient (Wildman–Crippen LogP) is 4.90. The summed E-state index contributed by atoms with van der Waals surface area (Å²) in [7, 11) is 0. The van der Waals surface area contributed by atoms with Gasteiger partial charge in [-0.05, 0) is 30.0 Å². The predicted molar refractivity (Wildman–Crippen MR) is 70.4 cm³/mol. The minimum absolute atomic E-state index is 0.313. The van der Waals surface area contributed by atoms with E-state index >= 15 is 0 Å². The first-order valence-corrected chi connectivity index (χ1v) is 6.16. The maximum atomic E-state index is 5.72. The molecule has 0 fully saturated rings. The lowest BCUT2D eigenvalue weighted by Gasteiger charge is -2.10. The molecule has 1 atom stereocenters. The van der Waals surface area contributed by atoms with Crippen molar-refractivity contribution in [3.8, 4) is 5.75 Å². The van der Waals surface area contributed by atoms with Gasteiger partial charge in [-0.1, -0.05) is 49.2 Å². The van der Waals surface area contributed by atoms with Gasteiger partial charge in [-0.15, -0.1) is 0 Å². The van der Waals surface area contributed by atoms with Crippen LogP contribution in [0.4, 0.5) is 0 Å². The highest BCUT2D eigenvalue weighted by molar-refractivity contribution is 6.36. The summed E-state index contributed by atoms with van der Waals surface area (Å²) < 4.78 is 5.44. The van der Waals surface area contributed by atoms with Crippen LogP contribution in [0.5, 0.6) is 5.75 Å². The zero-order valence-corrected chi connectivity index (χ0v) is 11.1. The highest BCUT2D eigenvalue weighted by atomic mass is 35.5. The molecule has 1 rings (SSSR count). The Bertz CT molecular complexity index is 343. The van der Waals surface area contributed by atoms with E-state index in [4.69, 9.17) is 27.9 Å². The van der Waals surface area contributed by atoms with Crippen LogP contribution in [-0.4, -0.2) is 6.61 Å². The molecule has 0 amide bonds. The van der Waals surface area contributed by atoms with E-state index in [1.165, 1.54) is 11.1 Å². The summed E-state index contributed by atoms with van der Waals surface area (Å²) in [6.45, 7) is 4.71. The maximum Gasteiger partial charge on any atom is 0.125 e. The first kappa shape index (κ1) is 13.4. The Labute approximate surface area is 107 Å². The number of benzene rings is 1. The average Bonchev–Trinajstić information content (AvgIpc) is 2.35. The van der Waals surface area contributed by atoms with Gasteiger partial charge in [0.2, 0.25) is 0 Å². The molecule has 0 radical (unpaired) electrons. The zero-order valence-electron chi connectivity index (χ0n) is 9.54. The van der Waals surface area contributed by atoms with Gasteiger partial charge in [-0.2, -0.15) is 0 Å². The van der Waals surface area contributed by atoms with Crippen molar-refractivity contribution in [3.05, 3.63) is 40.4 Å². The van der Waals surface area contributed by atoms with Gasteiger partial charge in [-0.3, -0.25) is 0 Å². The highest BCUT2D eigenvalue weighted by Crippen LogP contribution is 2.21. The lowest BCUT2D eigenvalue weighted by Crippen LogP contribution is -1.97. The summed E-state index contributed by atoms with van der Waals surface area (Å²) in [4.78, 5) is 0. The van der Waals surface area contributed by atoms with Crippen LogP contribution in [0.3, 0.4) is 0 Å². The van der Waals surface area contributed by atoms with Crippen molar-refractivity contribution >= 4 is 23.2 Å². The molecule has 0 spiro atoms. The molecule has 1 aromatic carbocycles. The highest BCUT2D eigenvalue weighted by Gasteiger charge is 2.02. The number of hydrogen-bond acceptors (Lipinski definition) is 1. The third kappa shape index (κ3) is 4.07. The Hall–Kier alpha value is -0.660. The van der Waals surface area contributed by atoms with E-state index in [0.29, 0.717) is 17.6 Å². The smallest absolute Gasteiger partial charge is 0.125 e. The number of hydrogen-bond donors (Lipinski definition) is 0. The normalized spacial score (nSPS) is 13.6. The van der Waals surface area contributed by atoms with Gasteiger partial charge in [-0.25, -0.2) is 0 Å². The van der Waals surface area contributed by atoms with Gasteiger partial charge in [0.25, 0.3) is 0 Å². The molecule has 16 heavy (non-hydrogen) atoms. The fraction of sp³-hybridized carbons (Fsp3) is 0.385. The maximum absolute atomic E-state index is 5.72. The van der Waals surface area contributed by atoms with Crippen LogP contribution >= 0.6 is 23.2 Å². The number of halogens is 2. The first-order chi connectivity index (χ1) is 7.67. The Morgan fingerprint density at radius 3 is 2.50 bits per heavy atom. The van der Waals surface area contributed by atoms with Gasteiger partial charge < -0.3 is 4.74 Å². The van der Waals surface area contributed by atoms with Crippen LogP contribution in [0.25, 0.3) is 0 Å². The van der Waals surface area contributed by atoms with E-state index in [-0.39, 0.29) is 0 Å². The van der Waals surface area contributed by atoms with Gasteiger partial charge in [0.1, 0.15) is 12.4 Å². The molecule has 0 saturated heterocycles. The number of rotatable bonds is 5. The fourth-order valence-electron chi connectivity index (χ4n) is 1.31. The Balaban J connectivity index is 2.58. The zero-order chi connectivity index (χ0) is 12.0. The standard InChI is InChI=1S/C13H16Cl2O/c1-3-10(2)11-4-6-13(7-5-11)16-9-12(15)8-14/h4-8,10H,3,9H2,1-2H3/b12-8-. The SMILES string of the molecule is CCC(C)c1ccc(OC/C(Cl)=C/Cl)cc1. The summed E-state index contributed by atoms with van der Waals surface area (Å²) in [5, 5.41) is 0.493. The lowest BCUT2D eigenvalue weighted by atomic mass is 9.99. The van der Waals surface area contributed by atoms with E-state index < -0.39 is 0 Å². The molecule has 0 aromatic heterocycles. The van der Waals surface area contributed by atoms with Crippen molar-refractivity contribution in [1.29, 1.82) is 0 Å². The molecule has 3 heteroatoms. The van der Waals surface area contributed by atoms with E-state index in [0.717, 1.165) is 12.2 Å². The second-order valence-electron chi connectivity index (χ2n) is 3.72. The minimum Gasteiger partial charge on any atom is -0.488 e. The van der Waals surface area contributed by atoms with Crippen LogP contribution < -0.4 is 4.74 Å². The summed E-state index contributed by atoms with van der Waals surface area (Å²) in [6, 6.07) is 8.09. The Kier molecular flexibility index (Phi) is 5.72. The van der Waals surface area contributed by atoms with E-state index in [1.54, 1.807) is 0 Å². The van der Waals surface area contributed by atoms with Crippen LogP contribution in [0.2, 0.25) is 0 Å². The van der Waals surface area contributed by atoms with Crippen molar-refractivity contribution in [2.24, 2.45) is 0 Å². The van der Waals surface area contributed by atoms with Crippen molar-refractivity contribution in [1.82, 2.24) is 0 Å². The molecule has 0 N–H and O–H groups in total. The molecule has 1 aromatic rings. The van der Waals surface area contributed by atoms with Crippen molar-refractivity contribution in [2.45, 2.75) is 26.2 Å². The summed E-state index contributed by atoms with van der Waals surface area (Å²) >= 11 is 11.2. The molecular weight excluding hydrogens is 243 g/mol.